The van der Waals surface area contributed by atoms with E-state index in [4.69, 9.17) is 17.3 Å². The zero-order valence-electron chi connectivity index (χ0n) is 16.2. The van der Waals surface area contributed by atoms with E-state index in [2.05, 4.69) is 32.2 Å². The van der Waals surface area contributed by atoms with Crippen LogP contribution in [0.5, 0.6) is 5.75 Å². The minimum atomic E-state index is -1.08. The molecule has 5 N–H and O–H groups in total. The molecule has 8 nitrogen and oxygen atoms in total. The molecule has 0 radical (unpaired) electrons. The van der Waals surface area contributed by atoms with E-state index in [1.54, 1.807) is 6.07 Å². The van der Waals surface area contributed by atoms with Crippen LogP contribution in [-0.4, -0.2) is 39.1 Å². The number of aromatic hydroxyl groups is 1. The first-order chi connectivity index (χ1) is 15.3. The lowest BCUT2D eigenvalue weighted by atomic mass is 10.0. The van der Waals surface area contributed by atoms with Crippen molar-refractivity contribution in [3.63, 3.8) is 0 Å². The number of halogens is 3. The number of hydrogen-bond donors (Lipinski definition) is 4. The van der Waals surface area contributed by atoms with Crippen molar-refractivity contribution < 1.29 is 18.7 Å². The van der Waals surface area contributed by atoms with Gasteiger partial charge in [-0.2, -0.15) is 0 Å². The van der Waals surface area contributed by atoms with Gasteiger partial charge in [0, 0.05) is 29.6 Å². The molecule has 0 aliphatic rings. The van der Waals surface area contributed by atoms with Gasteiger partial charge in [-0.25, -0.2) is 23.7 Å². The zero-order valence-corrected chi connectivity index (χ0v) is 17.8. The van der Waals surface area contributed by atoms with Crippen LogP contribution in [0.3, 0.4) is 0 Å². The van der Waals surface area contributed by atoms with E-state index in [9.17, 15) is 18.7 Å². The number of carbonyl (C=O) groups excluding carboxylic acids is 1. The number of phenols is 1. The highest BCUT2D eigenvalue weighted by Crippen LogP contribution is 2.45. The standard InChI is InChI=1S/C20H15ClF2N6O2S/c1-8(22)19(31)26-5-4-25-18-10-6-11(21)13(16(30)14(10)27-7-28-18)9-2-3-12(23)17-15(9)29-20(24)32-17/h2-3,6-7,30H,1,4-5H2,(H2,24,29)(H,26,31)(H,25,27,28). The molecule has 4 rings (SSSR count). The fraction of sp³-hybridized carbons (Fsp3) is 0.100. The lowest BCUT2D eigenvalue weighted by Gasteiger charge is -2.14. The van der Waals surface area contributed by atoms with E-state index in [-0.39, 0.29) is 50.3 Å². The fourth-order valence-corrected chi connectivity index (χ4v) is 4.26. The Balaban J connectivity index is 1.73. The summed E-state index contributed by atoms with van der Waals surface area (Å²) in [6.07, 6.45) is 1.24. The summed E-state index contributed by atoms with van der Waals surface area (Å²) in [4.78, 5) is 23.7. The summed E-state index contributed by atoms with van der Waals surface area (Å²) in [7, 11) is 0. The van der Waals surface area contributed by atoms with Crippen molar-refractivity contribution in [1.82, 2.24) is 20.3 Å². The molecule has 0 aliphatic carbocycles. The van der Waals surface area contributed by atoms with Crippen LogP contribution in [-0.2, 0) is 4.79 Å². The molecular weight excluding hydrogens is 462 g/mol. The third-order valence-electron chi connectivity index (χ3n) is 4.59. The summed E-state index contributed by atoms with van der Waals surface area (Å²) < 4.78 is 27.2. The predicted octanol–water partition coefficient (Wildman–Crippen LogP) is 4.00. The van der Waals surface area contributed by atoms with Gasteiger partial charge < -0.3 is 21.5 Å². The molecule has 2 heterocycles. The number of aromatic nitrogens is 3. The smallest absolute Gasteiger partial charge is 0.279 e. The summed E-state index contributed by atoms with van der Waals surface area (Å²) >= 11 is 7.49. The van der Waals surface area contributed by atoms with Crippen LogP contribution in [0.2, 0.25) is 5.02 Å². The van der Waals surface area contributed by atoms with Crippen molar-refractivity contribution >= 4 is 60.9 Å². The minimum Gasteiger partial charge on any atom is -0.505 e. The van der Waals surface area contributed by atoms with Crippen LogP contribution in [0, 0.1) is 5.82 Å². The second kappa shape index (κ2) is 8.52. The van der Waals surface area contributed by atoms with Gasteiger partial charge in [-0.05, 0) is 18.2 Å². The Labute approximate surface area is 188 Å². The van der Waals surface area contributed by atoms with Crippen LogP contribution < -0.4 is 16.4 Å². The third kappa shape index (κ3) is 3.87. The van der Waals surface area contributed by atoms with Crippen molar-refractivity contribution in [2.24, 2.45) is 0 Å². The van der Waals surface area contributed by atoms with Gasteiger partial charge in [0.05, 0.1) is 15.2 Å². The Morgan fingerprint density at radius 2 is 2.06 bits per heavy atom. The average Bonchev–Trinajstić information content (AvgIpc) is 3.15. The second-order valence-corrected chi connectivity index (χ2v) is 8.05. The first-order valence-electron chi connectivity index (χ1n) is 9.15. The number of benzene rings is 2. The maximum absolute atomic E-state index is 14.2. The van der Waals surface area contributed by atoms with E-state index in [1.165, 1.54) is 18.5 Å². The molecule has 0 fully saturated rings. The lowest BCUT2D eigenvalue weighted by molar-refractivity contribution is -0.118. The average molecular weight is 477 g/mol. The predicted molar refractivity (Wildman–Crippen MR) is 121 cm³/mol. The summed E-state index contributed by atoms with van der Waals surface area (Å²) in [5.74, 6) is -2.36. The Hall–Kier alpha value is -3.57. The molecule has 0 aliphatic heterocycles. The number of anilines is 2. The first kappa shape index (κ1) is 21.7. The molecule has 0 saturated heterocycles. The Bertz CT molecular complexity index is 1390. The number of thiazole rings is 1. The van der Waals surface area contributed by atoms with Gasteiger partial charge >= 0.3 is 0 Å². The molecule has 0 spiro atoms. The van der Waals surface area contributed by atoms with Gasteiger partial charge in [0.15, 0.2) is 16.7 Å². The highest BCUT2D eigenvalue weighted by molar-refractivity contribution is 7.22. The number of nitrogens with zero attached hydrogens (tertiary/aromatic N) is 3. The number of nitrogen functional groups attached to an aromatic ring is 1. The molecule has 12 heteroatoms. The minimum absolute atomic E-state index is 0.101. The third-order valence-corrected chi connectivity index (χ3v) is 5.78. The summed E-state index contributed by atoms with van der Waals surface area (Å²) in [5.41, 5.74) is 6.86. The van der Waals surface area contributed by atoms with Gasteiger partial charge in [0.2, 0.25) is 0 Å². The Kier molecular flexibility index (Phi) is 5.76. The highest BCUT2D eigenvalue weighted by Gasteiger charge is 2.21. The van der Waals surface area contributed by atoms with Crippen LogP contribution in [0.15, 0.2) is 36.9 Å². The molecule has 0 unspecified atom stereocenters. The van der Waals surface area contributed by atoms with Crippen molar-refractivity contribution in [3.8, 4) is 16.9 Å². The molecule has 2 aromatic carbocycles. The number of fused-ring (bicyclic) bond motifs is 2. The molecule has 4 aromatic rings. The van der Waals surface area contributed by atoms with Crippen molar-refractivity contribution in [3.05, 3.63) is 47.8 Å². The monoisotopic (exact) mass is 476 g/mol. The van der Waals surface area contributed by atoms with Gasteiger partial charge in [-0.1, -0.05) is 29.5 Å². The van der Waals surface area contributed by atoms with Gasteiger partial charge in [0.1, 0.15) is 23.5 Å². The number of phenolic OH excluding ortho intramolecular Hbond substituents is 1. The van der Waals surface area contributed by atoms with Crippen molar-refractivity contribution in [1.29, 1.82) is 0 Å². The number of rotatable bonds is 6. The summed E-state index contributed by atoms with van der Waals surface area (Å²) in [5, 5.41) is 17.1. The highest BCUT2D eigenvalue weighted by atomic mass is 35.5. The van der Waals surface area contributed by atoms with Crippen molar-refractivity contribution in [2.75, 3.05) is 24.1 Å². The zero-order chi connectivity index (χ0) is 23.0. The molecule has 2 aromatic heterocycles. The number of hydrogen-bond acceptors (Lipinski definition) is 8. The second-order valence-electron chi connectivity index (χ2n) is 6.61. The molecular formula is C20H15ClF2N6O2S. The maximum Gasteiger partial charge on any atom is 0.279 e. The Morgan fingerprint density at radius 1 is 1.28 bits per heavy atom. The number of amides is 1. The molecule has 0 atom stereocenters. The number of nitrogens with two attached hydrogens (primary N) is 1. The molecule has 32 heavy (non-hydrogen) atoms. The topological polar surface area (TPSA) is 126 Å². The van der Waals surface area contributed by atoms with Crippen LogP contribution in [0.4, 0.5) is 19.7 Å². The normalized spacial score (nSPS) is 11.1. The fourth-order valence-electron chi connectivity index (χ4n) is 3.20. The van der Waals surface area contributed by atoms with Gasteiger partial charge in [0.25, 0.3) is 5.91 Å². The Morgan fingerprint density at radius 3 is 2.81 bits per heavy atom. The quantitative estimate of drug-likeness (QED) is 0.245. The van der Waals surface area contributed by atoms with E-state index >= 15 is 0 Å². The largest absolute Gasteiger partial charge is 0.505 e. The van der Waals surface area contributed by atoms with E-state index in [0.717, 1.165) is 11.3 Å². The van der Waals surface area contributed by atoms with Crippen LogP contribution in [0.25, 0.3) is 32.2 Å². The van der Waals surface area contributed by atoms with Gasteiger partial charge in [-0.3, -0.25) is 4.79 Å². The number of carbonyl (C=O) groups is 1. The van der Waals surface area contributed by atoms with Crippen LogP contribution in [0.1, 0.15) is 0 Å². The van der Waals surface area contributed by atoms with Gasteiger partial charge in [-0.15, -0.1) is 0 Å². The SMILES string of the molecule is C=C(F)C(=O)NCCNc1ncnc2c(O)c(-c3ccc(F)c4sc(N)nc34)c(Cl)cc12. The summed E-state index contributed by atoms with van der Waals surface area (Å²) in [6.45, 7) is 3.23. The number of nitrogens with one attached hydrogen (secondary N) is 2. The van der Waals surface area contributed by atoms with E-state index in [0.29, 0.717) is 16.8 Å². The first-order valence-corrected chi connectivity index (χ1v) is 10.3. The maximum atomic E-state index is 14.2. The summed E-state index contributed by atoms with van der Waals surface area (Å²) in [6, 6.07) is 4.27. The lowest BCUT2D eigenvalue weighted by Crippen LogP contribution is -2.28. The van der Waals surface area contributed by atoms with Crippen LogP contribution >= 0.6 is 22.9 Å². The molecule has 1 amide bonds. The molecule has 0 saturated carbocycles. The molecule has 164 valence electrons. The molecule has 0 bridgehead atoms. The van der Waals surface area contributed by atoms with Crippen molar-refractivity contribution in [2.45, 2.75) is 0 Å². The van der Waals surface area contributed by atoms with E-state index < -0.39 is 17.6 Å². The van der Waals surface area contributed by atoms with E-state index in [1.807, 2.05) is 0 Å².